The lowest BCUT2D eigenvalue weighted by atomic mass is 9.46. The minimum Gasteiger partial charge on any atom is -0.659 e. The van der Waals surface area contributed by atoms with Crippen LogP contribution in [0.25, 0.3) is 5.32 Å². The lowest BCUT2D eigenvalue weighted by molar-refractivity contribution is -0.0407. The standard InChI is InChI=1S/C21H34N/c1-13(2)11-16-12-15(4)17-9-10-21(5,22-6)18-8-7-14(3)19(16)20(17)18/h11,15-20H,3,7-10,12H2,1-2,4-6H3/q-1/t15-,16+,17+,18-,19-,20+,21-/m0/s1. The third kappa shape index (κ3) is 2.50. The number of hydrogen-bond acceptors (Lipinski definition) is 0. The maximum Gasteiger partial charge on any atom is -0.0109 e. The summed E-state index contributed by atoms with van der Waals surface area (Å²) in [4.78, 5) is 0. The van der Waals surface area contributed by atoms with Crippen molar-refractivity contribution < 1.29 is 0 Å². The minimum absolute atomic E-state index is 0.215. The molecule has 3 aliphatic rings. The molecule has 0 bridgehead atoms. The first-order chi connectivity index (χ1) is 10.4. The van der Waals surface area contributed by atoms with Gasteiger partial charge in [0.15, 0.2) is 0 Å². The molecule has 0 aliphatic heterocycles. The van der Waals surface area contributed by atoms with Gasteiger partial charge in [0.1, 0.15) is 0 Å². The molecule has 0 heterocycles. The molecule has 0 unspecified atom stereocenters. The van der Waals surface area contributed by atoms with E-state index in [0.29, 0.717) is 0 Å². The predicted octanol–water partition coefficient (Wildman–Crippen LogP) is 5.98. The highest BCUT2D eigenvalue weighted by atomic mass is 15.0. The Hall–Kier alpha value is -0.560. The Balaban J connectivity index is 2.00. The topological polar surface area (TPSA) is 14.1 Å². The zero-order chi connectivity index (χ0) is 16.1. The van der Waals surface area contributed by atoms with E-state index in [1.165, 1.54) is 37.7 Å². The smallest absolute Gasteiger partial charge is 0.0109 e. The molecule has 3 aliphatic carbocycles. The summed E-state index contributed by atoms with van der Waals surface area (Å²) >= 11 is 0. The van der Waals surface area contributed by atoms with Gasteiger partial charge in [-0.15, -0.1) is 5.54 Å². The third-order valence-electron chi connectivity index (χ3n) is 7.30. The first-order valence-electron chi connectivity index (χ1n) is 9.31. The van der Waals surface area contributed by atoms with Crippen molar-refractivity contribution in [1.82, 2.24) is 0 Å². The molecule has 1 nitrogen and oxygen atoms in total. The summed E-state index contributed by atoms with van der Waals surface area (Å²) in [6.07, 6.45) is 9.14. The Morgan fingerprint density at radius 3 is 2.68 bits per heavy atom. The van der Waals surface area contributed by atoms with Gasteiger partial charge in [-0.2, -0.15) is 7.05 Å². The van der Waals surface area contributed by atoms with Crippen molar-refractivity contribution in [3.8, 4) is 0 Å². The monoisotopic (exact) mass is 300 g/mol. The Morgan fingerprint density at radius 1 is 1.32 bits per heavy atom. The third-order valence-corrected chi connectivity index (χ3v) is 7.30. The molecule has 22 heavy (non-hydrogen) atoms. The van der Waals surface area contributed by atoms with E-state index in [2.05, 4.69) is 47.4 Å². The van der Waals surface area contributed by atoms with E-state index in [1.807, 2.05) is 0 Å². The van der Waals surface area contributed by atoms with Gasteiger partial charge in [-0.25, -0.2) is 0 Å². The molecule has 3 saturated carbocycles. The highest BCUT2D eigenvalue weighted by molar-refractivity contribution is 5.23. The van der Waals surface area contributed by atoms with E-state index in [9.17, 15) is 0 Å². The molecule has 124 valence electrons. The molecule has 0 aromatic heterocycles. The molecule has 0 radical (unpaired) electrons. The molecule has 0 aromatic carbocycles. The molecule has 1 heteroatoms. The van der Waals surface area contributed by atoms with Crippen molar-refractivity contribution in [2.45, 2.75) is 65.3 Å². The molecule has 0 amide bonds. The Morgan fingerprint density at radius 2 is 2.05 bits per heavy atom. The number of hydrogen-bond donors (Lipinski definition) is 0. The second-order valence-corrected chi connectivity index (χ2v) is 8.81. The maximum absolute atomic E-state index is 4.88. The van der Waals surface area contributed by atoms with Crippen LogP contribution >= 0.6 is 0 Å². The zero-order valence-electron chi connectivity index (χ0n) is 15.2. The second-order valence-electron chi connectivity index (χ2n) is 8.81. The number of rotatable bonds is 2. The second kappa shape index (κ2) is 5.82. The Labute approximate surface area is 137 Å². The van der Waals surface area contributed by atoms with E-state index in [-0.39, 0.29) is 5.54 Å². The van der Waals surface area contributed by atoms with Gasteiger partial charge in [-0.3, -0.25) is 0 Å². The van der Waals surface area contributed by atoms with Gasteiger partial charge in [0.25, 0.3) is 0 Å². The van der Waals surface area contributed by atoms with Crippen LogP contribution in [0, 0.1) is 35.5 Å². The van der Waals surface area contributed by atoms with Crippen LogP contribution in [0.2, 0.25) is 0 Å². The number of nitrogens with zero attached hydrogens (tertiary/aromatic N) is 1. The Kier molecular flexibility index (Phi) is 4.31. The van der Waals surface area contributed by atoms with Crippen molar-refractivity contribution in [3.63, 3.8) is 0 Å². The van der Waals surface area contributed by atoms with Crippen LogP contribution < -0.4 is 0 Å². The van der Waals surface area contributed by atoms with E-state index < -0.39 is 0 Å². The van der Waals surface area contributed by atoms with E-state index in [4.69, 9.17) is 5.32 Å². The fraction of sp³-hybridized carbons (Fsp3) is 0.810. The van der Waals surface area contributed by atoms with Crippen LogP contribution in [-0.4, -0.2) is 12.6 Å². The molecular weight excluding hydrogens is 266 g/mol. The lowest BCUT2D eigenvalue weighted by Gasteiger charge is -2.64. The quantitative estimate of drug-likeness (QED) is 0.557. The van der Waals surface area contributed by atoms with E-state index >= 15 is 0 Å². The summed E-state index contributed by atoms with van der Waals surface area (Å²) in [5, 5.41) is 4.88. The highest BCUT2D eigenvalue weighted by Crippen LogP contribution is 2.61. The average molecular weight is 301 g/mol. The SMILES string of the molecule is C=C1CC[C@H]2[C@H]3[C@H](CC[C@]2(C)[N-]C)[C@@H](C)C[C@@H](C=C(C)C)[C@H]13. The Bertz CT molecular complexity index is 472. The summed E-state index contributed by atoms with van der Waals surface area (Å²) in [5.41, 5.74) is 3.23. The van der Waals surface area contributed by atoms with Crippen molar-refractivity contribution in [2.75, 3.05) is 7.05 Å². The molecule has 0 spiro atoms. The molecule has 3 fully saturated rings. The maximum atomic E-state index is 4.88. The summed E-state index contributed by atoms with van der Waals surface area (Å²) in [7, 11) is 2.05. The summed E-state index contributed by atoms with van der Waals surface area (Å²) in [6, 6.07) is 0. The van der Waals surface area contributed by atoms with Gasteiger partial charge >= 0.3 is 0 Å². The average Bonchev–Trinajstić information content (AvgIpc) is 2.45. The van der Waals surface area contributed by atoms with Gasteiger partial charge in [0.05, 0.1) is 0 Å². The normalized spacial score (nSPS) is 47.8. The fourth-order valence-electron chi connectivity index (χ4n) is 6.23. The van der Waals surface area contributed by atoms with E-state index in [1.54, 1.807) is 5.57 Å². The van der Waals surface area contributed by atoms with Crippen LogP contribution in [0.15, 0.2) is 23.8 Å². The lowest BCUT2D eigenvalue weighted by Crippen LogP contribution is -2.55. The van der Waals surface area contributed by atoms with Crippen molar-refractivity contribution in [1.29, 1.82) is 0 Å². The van der Waals surface area contributed by atoms with Gasteiger partial charge in [-0.05, 0) is 62.7 Å². The first kappa shape index (κ1) is 16.3. The van der Waals surface area contributed by atoms with E-state index in [0.717, 1.165) is 35.5 Å². The predicted molar refractivity (Wildman–Crippen MR) is 96.0 cm³/mol. The van der Waals surface area contributed by atoms with Crippen molar-refractivity contribution in [3.05, 3.63) is 29.1 Å². The molecule has 7 atom stereocenters. The van der Waals surface area contributed by atoms with Crippen LogP contribution in [-0.2, 0) is 0 Å². The van der Waals surface area contributed by atoms with Crippen molar-refractivity contribution >= 4 is 0 Å². The van der Waals surface area contributed by atoms with Crippen molar-refractivity contribution in [2.24, 2.45) is 35.5 Å². The zero-order valence-corrected chi connectivity index (χ0v) is 15.2. The minimum atomic E-state index is 0.215. The first-order valence-corrected chi connectivity index (χ1v) is 9.31. The highest BCUT2D eigenvalue weighted by Gasteiger charge is 2.52. The summed E-state index contributed by atoms with van der Waals surface area (Å²) < 4.78 is 0. The van der Waals surface area contributed by atoms with Gasteiger partial charge in [-0.1, -0.05) is 56.4 Å². The summed E-state index contributed by atoms with van der Waals surface area (Å²) in [6.45, 7) is 14.0. The van der Waals surface area contributed by atoms with Crippen LogP contribution in [0.5, 0.6) is 0 Å². The van der Waals surface area contributed by atoms with Gasteiger partial charge < -0.3 is 5.32 Å². The van der Waals surface area contributed by atoms with Gasteiger partial charge in [0, 0.05) is 0 Å². The number of allylic oxidation sites excluding steroid dienone is 3. The van der Waals surface area contributed by atoms with Crippen LogP contribution in [0.3, 0.4) is 0 Å². The fourth-order valence-corrected chi connectivity index (χ4v) is 6.23. The van der Waals surface area contributed by atoms with Gasteiger partial charge in [0.2, 0.25) is 0 Å². The largest absolute Gasteiger partial charge is 0.659 e. The van der Waals surface area contributed by atoms with Crippen LogP contribution in [0.1, 0.15) is 59.8 Å². The molecule has 3 rings (SSSR count). The molecular formula is C21H34N-. The molecule has 0 N–H and O–H groups in total. The summed E-state index contributed by atoms with van der Waals surface area (Å²) in [5.74, 6) is 4.81. The molecule has 0 aromatic rings. The van der Waals surface area contributed by atoms with Crippen LogP contribution in [0.4, 0.5) is 0 Å². The molecule has 0 saturated heterocycles.